The average molecular weight is 186 g/mol. The van der Waals surface area contributed by atoms with Gasteiger partial charge >= 0.3 is 6.03 Å². The van der Waals surface area contributed by atoms with Crippen molar-refractivity contribution in [3.63, 3.8) is 0 Å². The Morgan fingerprint density at radius 2 is 2.08 bits per heavy atom. The van der Waals surface area contributed by atoms with Crippen LogP contribution in [0.1, 0.15) is 0 Å². The molecule has 0 aromatic carbocycles. The highest BCUT2D eigenvalue weighted by Gasteiger charge is 2.14. The molecule has 0 unspecified atom stereocenters. The van der Waals surface area contributed by atoms with Crippen LogP contribution in [-0.4, -0.2) is 57.2 Å². The fourth-order valence-electron chi connectivity index (χ4n) is 1.27. The van der Waals surface area contributed by atoms with Gasteiger partial charge in [-0.25, -0.2) is 4.79 Å². The lowest BCUT2D eigenvalue weighted by molar-refractivity contribution is 0.190. The topological polar surface area (TPSA) is 56.4 Å². The maximum Gasteiger partial charge on any atom is 0.317 e. The molecule has 5 nitrogen and oxygen atoms in total. The van der Waals surface area contributed by atoms with E-state index in [1.54, 1.807) is 0 Å². The third kappa shape index (κ3) is 3.61. The molecule has 1 saturated heterocycles. The minimum atomic E-state index is 0.0525. The quantitative estimate of drug-likeness (QED) is 0.486. The molecule has 1 rings (SSSR count). The van der Waals surface area contributed by atoms with Crippen LogP contribution in [0.2, 0.25) is 0 Å². The Morgan fingerprint density at radius 1 is 1.38 bits per heavy atom. The summed E-state index contributed by atoms with van der Waals surface area (Å²) >= 11 is 0. The maximum absolute atomic E-state index is 11.4. The highest BCUT2D eigenvalue weighted by molar-refractivity contribution is 5.74. The van der Waals surface area contributed by atoms with Gasteiger partial charge in [0.15, 0.2) is 0 Å². The number of carbonyl (C=O) groups is 1. The summed E-state index contributed by atoms with van der Waals surface area (Å²) in [6.45, 7) is 4.94. The normalized spacial score (nSPS) is 17.2. The predicted molar refractivity (Wildman–Crippen MR) is 51.8 cm³/mol. The molecule has 5 heteroatoms. The number of likely N-dealkylation sites (N-methyl/N-ethyl adjacent to an activating group) is 1. The van der Waals surface area contributed by atoms with Crippen LogP contribution in [0.5, 0.6) is 0 Å². The van der Waals surface area contributed by atoms with E-state index in [0.29, 0.717) is 6.54 Å². The van der Waals surface area contributed by atoms with Crippen molar-refractivity contribution < 1.29 is 4.79 Å². The van der Waals surface area contributed by atoms with E-state index >= 15 is 0 Å². The summed E-state index contributed by atoms with van der Waals surface area (Å²) in [5, 5.41) is 9.03. The van der Waals surface area contributed by atoms with Crippen LogP contribution < -0.4 is 16.0 Å². The number of rotatable bonds is 3. The summed E-state index contributed by atoms with van der Waals surface area (Å²) in [6, 6.07) is 0.0525. The standard InChI is InChI=1S/C8H18N4O/c1-9-2-3-11-8(13)12-6-4-10-5-7-12/h9-10H,2-7H2,1H3,(H,11,13). The van der Waals surface area contributed by atoms with E-state index in [-0.39, 0.29) is 6.03 Å². The SMILES string of the molecule is CNCCNC(=O)N1CCNCC1. The van der Waals surface area contributed by atoms with E-state index in [1.807, 2.05) is 11.9 Å². The van der Waals surface area contributed by atoms with Crippen LogP contribution in [-0.2, 0) is 0 Å². The van der Waals surface area contributed by atoms with E-state index < -0.39 is 0 Å². The molecule has 13 heavy (non-hydrogen) atoms. The predicted octanol–water partition coefficient (Wildman–Crippen LogP) is -1.18. The summed E-state index contributed by atoms with van der Waals surface area (Å²) in [6.07, 6.45) is 0. The number of piperazine rings is 1. The molecule has 2 amide bonds. The van der Waals surface area contributed by atoms with Gasteiger partial charge in [-0.05, 0) is 7.05 Å². The second-order valence-electron chi connectivity index (χ2n) is 3.07. The number of amides is 2. The average Bonchev–Trinajstić information content (AvgIpc) is 2.19. The molecule has 0 aliphatic carbocycles. The second-order valence-corrected chi connectivity index (χ2v) is 3.07. The molecular weight excluding hydrogens is 168 g/mol. The first-order valence-electron chi connectivity index (χ1n) is 4.72. The number of nitrogens with one attached hydrogen (secondary N) is 3. The largest absolute Gasteiger partial charge is 0.337 e. The highest BCUT2D eigenvalue weighted by Crippen LogP contribution is 1.91. The summed E-state index contributed by atoms with van der Waals surface area (Å²) in [7, 11) is 1.87. The van der Waals surface area contributed by atoms with E-state index in [0.717, 1.165) is 32.7 Å². The monoisotopic (exact) mass is 186 g/mol. The van der Waals surface area contributed by atoms with Gasteiger partial charge in [-0.3, -0.25) is 0 Å². The van der Waals surface area contributed by atoms with Crippen molar-refractivity contribution in [2.75, 3.05) is 46.3 Å². The molecular formula is C8H18N4O. The lowest BCUT2D eigenvalue weighted by Gasteiger charge is -2.27. The number of hydrogen-bond donors (Lipinski definition) is 3. The number of nitrogens with zero attached hydrogens (tertiary/aromatic N) is 1. The molecule has 0 atom stereocenters. The minimum Gasteiger partial charge on any atom is -0.337 e. The van der Waals surface area contributed by atoms with Gasteiger partial charge in [0.25, 0.3) is 0 Å². The van der Waals surface area contributed by atoms with Crippen LogP contribution in [0.15, 0.2) is 0 Å². The van der Waals surface area contributed by atoms with E-state index in [9.17, 15) is 4.79 Å². The van der Waals surface area contributed by atoms with Gasteiger partial charge in [0.05, 0.1) is 0 Å². The first kappa shape index (κ1) is 10.3. The van der Waals surface area contributed by atoms with Gasteiger partial charge in [0.2, 0.25) is 0 Å². The van der Waals surface area contributed by atoms with Gasteiger partial charge in [-0.2, -0.15) is 0 Å². The van der Waals surface area contributed by atoms with Gasteiger partial charge in [-0.15, -0.1) is 0 Å². The van der Waals surface area contributed by atoms with E-state index in [2.05, 4.69) is 16.0 Å². The van der Waals surface area contributed by atoms with Crippen LogP contribution in [0.4, 0.5) is 4.79 Å². The van der Waals surface area contributed by atoms with Gasteiger partial charge in [-0.1, -0.05) is 0 Å². The molecule has 1 fully saturated rings. The fourth-order valence-corrected chi connectivity index (χ4v) is 1.27. The molecule has 0 bridgehead atoms. The number of hydrogen-bond acceptors (Lipinski definition) is 3. The summed E-state index contributed by atoms with van der Waals surface area (Å²) in [5.41, 5.74) is 0. The van der Waals surface area contributed by atoms with Gasteiger partial charge in [0.1, 0.15) is 0 Å². The van der Waals surface area contributed by atoms with E-state index in [4.69, 9.17) is 0 Å². The zero-order valence-electron chi connectivity index (χ0n) is 8.10. The van der Waals surface area contributed by atoms with Crippen molar-refractivity contribution in [3.8, 4) is 0 Å². The third-order valence-corrected chi connectivity index (χ3v) is 2.06. The molecule has 0 radical (unpaired) electrons. The van der Waals surface area contributed by atoms with Crippen molar-refractivity contribution in [2.24, 2.45) is 0 Å². The van der Waals surface area contributed by atoms with Crippen LogP contribution in [0.25, 0.3) is 0 Å². The van der Waals surface area contributed by atoms with Crippen molar-refractivity contribution in [1.82, 2.24) is 20.9 Å². The zero-order chi connectivity index (χ0) is 9.52. The Labute approximate surface area is 78.9 Å². The Hall–Kier alpha value is -0.810. The Balaban J connectivity index is 2.13. The molecule has 3 N–H and O–H groups in total. The third-order valence-electron chi connectivity index (χ3n) is 2.06. The first-order chi connectivity index (χ1) is 6.34. The summed E-state index contributed by atoms with van der Waals surface area (Å²) < 4.78 is 0. The highest BCUT2D eigenvalue weighted by atomic mass is 16.2. The molecule has 0 aromatic rings. The zero-order valence-corrected chi connectivity index (χ0v) is 8.10. The van der Waals surface area contributed by atoms with Crippen LogP contribution in [0.3, 0.4) is 0 Å². The molecule has 1 aliphatic heterocycles. The van der Waals surface area contributed by atoms with Crippen molar-refractivity contribution in [2.45, 2.75) is 0 Å². The van der Waals surface area contributed by atoms with Crippen molar-refractivity contribution in [1.29, 1.82) is 0 Å². The smallest absolute Gasteiger partial charge is 0.317 e. The Morgan fingerprint density at radius 3 is 2.69 bits per heavy atom. The Kier molecular flexibility index (Phi) is 4.56. The first-order valence-corrected chi connectivity index (χ1v) is 4.72. The summed E-state index contributed by atoms with van der Waals surface area (Å²) in [5.74, 6) is 0. The van der Waals surface area contributed by atoms with Crippen LogP contribution >= 0.6 is 0 Å². The molecule has 1 heterocycles. The maximum atomic E-state index is 11.4. The lowest BCUT2D eigenvalue weighted by Crippen LogP contribution is -2.50. The number of carbonyl (C=O) groups excluding carboxylic acids is 1. The summed E-state index contributed by atoms with van der Waals surface area (Å²) in [4.78, 5) is 13.3. The molecule has 0 spiro atoms. The minimum absolute atomic E-state index is 0.0525. The van der Waals surface area contributed by atoms with E-state index in [1.165, 1.54) is 0 Å². The number of urea groups is 1. The second kappa shape index (κ2) is 5.77. The fraction of sp³-hybridized carbons (Fsp3) is 0.875. The van der Waals surface area contributed by atoms with Crippen LogP contribution in [0, 0.1) is 0 Å². The van der Waals surface area contributed by atoms with Crippen molar-refractivity contribution >= 4 is 6.03 Å². The molecule has 76 valence electrons. The lowest BCUT2D eigenvalue weighted by atomic mass is 10.4. The Bertz CT molecular complexity index is 156. The van der Waals surface area contributed by atoms with Gasteiger partial charge in [0, 0.05) is 39.3 Å². The molecule has 1 aliphatic rings. The molecule has 0 saturated carbocycles. The molecule has 0 aromatic heterocycles. The van der Waals surface area contributed by atoms with Crippen molar-refractivity contribution in [3.05, 3.63) is 0 Å². The van der Waals surface area contributed by atoms with Gasteiger partial charge < -0.3 is 20.9 Å².